The van der Waals surface area contributed by atoms with Gasteiger partial charge in [-0.1, -0.05) is 38.0 Å². The Bertz CT molecular complexity index is 1070. The van der Waals surface area contributed by atoms with Crippen LogP contribution < -0.4 is 14.7 Å². The van der Waals surface area contributed by atoms with Crippen LogP contribution in [0.2, 0.25) is 0 Å². The molecule has 0 spiro atoms. The highest BCUT2D eigenvalue weighted by atomic mass is 16.5. The van der Waals surface area contributed by atoms with Gasteiger partial charge in [0, 0.05) is 11.6 Å². The van der Waals surface area contributed by atoms with E-state index in [-0.39, 0.29) is 30.0 Å². The number of benzene rings is 1. The number of pyridine rings is 1. The Morgan fingerprint density at radius 1 is 1.21 bits per heavy atom. The van der Waals surface area contributed by atoms with Crippen molar-refractivity contribution in [2.45, 2.75) is 39.2 Å². The van der Waals surface area contributed by atoms with Gasteiger partial charge in [-0.3, -0.25) is 0 Å². The summed E-state index contributed by atoms with van der Waals surface area (Å²) < 4.78 is 8.87. The number of unbranched alkanes of at least 4 members (excludes halogenated alkanes) is 2. The van der Waals surface area contributed by atoms with E-state index >= 15 is 0 Å². The molecular weight excluding hydrogens is 354 g/mol. The van der Waals surface area contributed by atoms with Crippen molar-refractivity contribution >= 4 is 5.65 Å². The Morgan fingerprint density at radius 2 is 2.07 bits per heavy atom. The second-order valence-electron chi connectivity index (χ2n) is 6.58. The highest BCUT2D eigenvalue weighted by Gasteiger charge is 2.24. The molecule has 0 aliphatic carbocycles. The minimum absolute atomic E-state index is 0.144. The summed E-state index contributed by atoms with van der Waals surface area (Å²) in [5, 5.41) is 19.8. The van der Waals surface area contributed by atoms with Gasteiger partial charge < -0.3 is 9.84 Å². The molecule has 28 heavy (non-hydrogen) atoms. The Hall–Kier alpha value is -3.33. The van der Waals surface area contributed by atoms with E-state index < -0.39 is 0 Å². The first-order chi connectivity index (χ1) is 13.7. The van der Waals surface area contributed by atoms with Crippen molar-refractivity contribution in [3.63, 3.8) is 0 Å². The molecule has 144 valence electrons. The minimum atomic E-state index is -0.315. The van der Waals surface area contributed by atoms with Crippen LogP contribution in [0.3, 0.4) is 0 Å². The maximum absolute atomic E-state index is 13.1. The molecule has 3 aromatic rings. The van der Waals surface area contributed by atoms with Gasteiger partial charge in [0.1, 0.15) is 12.3 Å². The zero-order valence-corrected chi connectivity index (χ0v) is 16.0. The third kappa shape index (κ3) is 3.99. The summed E-state index contributed by atoms with van der Waals surface area (Å²) in [6.45, 7) is 3.04. The molecule has 6 nitrogen and oxygen atoms in total. The Kier molecular flexibility index (Phi) is 6.28. The number of nitrogens with zero attached hydrogens (tertiary/aromatic N) is 3. The monoisotopic (exact) mass is 378 g/mol. The number of aromatic nitrogens is 2. The number of rotatable bonds is 8. The van der Waals surface area contributed by atoms with Gasteiger partial charge >= 0.3 is 5.56 Å². The van der Waals surface area contributed by atoms with Crippen molar-refractivity contribution in [1.82, 2.24) is 4.57 Å². The molecule has 2 heterocycles. The predicted octanol–water partition coefficient (Wildman–Crippen LogP) is 3.44. The smallest absolute Gasteiger partial charge is 0.354 e. The molecule has 0 unspecified atom stereocenters. The number of fused-ring (bicyclic) bond motifs is 1. The molecule has 0 atom stereocenters. The number of aromatic hydroxyl groups is 1. The van der Waals surface area contributed by atoms with Crippen molar-refractivity contribution in [2.24, 2.45) is 0 Å². The fourth-order valence-corrected chi connectivity index (χ4v) is 3.20. The summed E-state index contributed by atoms with van der Waals surface area (Å²) in [6.07, 6.45) is 5.08. The van der Waals surface area contributed by atoms with Crippen LogP contribution in [-0.2, 0) is 6.54 Å². The Morgan fingerprint density at radius 3 is 2.86 bits per heavy atom. The van der Waals surface area contributed by atoms with Crippen LogP contribution in [0.4, 0.5) is 0 Å². The van der Waals surface area contributed by atoms with Crippen LogP contribution in [0.5, 0.6) is 11.6 Å². The zero-order valence-electron chi connectivity index (χ0n) is 16.0. The average molecular weight is 378 g/mol. The van der Waals surface area contributed by atoms with E-state index in [1.165, 1.54) is 4.40 Å². The van der Waals surface area contributed by atoms with E-state index in [2.05, 4.69) is 13.0 Å². The quantitative estimate of drug-likeness (QED) is 0.481. The van der Waals surface area contributed by atoms with Gasteiger partial charge in [-0.2, -0.15) is 14.2 Å². The third-order valence-electron chi connectivity index (χ3n) is 4.61. The molecule has 1 aromatic carbocycles. The van der Waals surface area contributed by atoms with Gasteiger partial charge in [-0.05, 0) is 24.6 Å². The highest BCUT2D eigenvalue weighted by molar-refractivity contribution is 5.69. The summed E-state index contributed by atoms with van der Waals surface area (Å²) in [5.41, 5.74) is 1.00. The molecule has 2 aromatic heterocycles. The summed E-state index contributed by atoms with van der Waals surface area (Å²) in [5.74, 6) is 0.517. The molecule has 0 aliphatic rings. The molecule has 0 aliphatic heterocycles. The largest absolute Gasteiger partial charge is 0.494 e. The number of hydrogen-bond donors (Lipinski definition) is 1. The predicted molar refractivity (Wildman–Crippen MR) is 106 cm³/mol. The number of ether oxygens (including phenoxy) is 1. The second-order valence-corrected chi connectivity index (χ2v) is 6.58. The standard InChI is InChI=1S/C22H23N3O3/c1-2-3-6-15-28-18-10-7-9-17(16-18)20-21(26)24-13-5-4-11-19(24)25(22(20)27)14-8-12-23/h4-5,7,9-11,13,16H,2-3,6,8,14-15H2,1H3/p+1. The average Bonchev–Trinajstić information content (AvgIpc) is 2.72. The van der Waals surface area contributed by atoms with Gasteiger partial charge in [0.15, 0.2) is 5.56 Å². The van der Waals surface area contributed by atoms with Crippen LogP contribution >= 0.6 is 0 Å². The lowest BCUT2D eigenvalue weighted by Crippen LogP contribution is -2.43. The summed E-state index contributed by atoms with van der Waals surface area (Å²) >= 11 is 0. The van der Waals surface area contributed by atoms with Crippen molar-refractivity contribution in [2.75, 3.05) is 6.61 Å². The molecule has 0 saturated carbocycles. The lowest BCUT2D eigenvalue weighted by Gasteiger charge is -2.10. The minimum Gasteiger partial charge on any atom is -0.494 e. The van der Waals surface area contributed by atoms with Crippen molar-refractivity contribution in [3.8, 4) is 28.8 Å². The number of nitriles is 1. The number of hydrogen-bond acceptors (Lipinski definition) is 4. The molecule has 0 radical (unpaired) electrons. The first-order valence-electron chi connectivity index (χ1n) is 9.53. The topological polar surface area (TPSA) is 79.3 Å². The fraction of sp³-hybridized carbons (Fsp3) is 0.318. The zero-order chi connectivity index (χ0) is 19.9. The van der Waals surface area contributed by atoms with Crippen LogP contribution in [0.1, 0.15) is 32.6 Å². The lowest BCUT2D eigenvalue weighted by atomic mass is 10.1. The van der Waals surface area contributed by atoms with Crippen molar-refractivity contribution < 1.29 is 14.2 Å². The van der Waals surface area contributed by atoms with E-state index in [0.717, 1.165) is 19.3 Å². The van der Waals surface area contributed by atoms with Crippen LogP contribution in [0.25, 0.3) is 16.8 Å². The summed E-state index contributed by atoms with van der Waals surface area (Å²) in [7, 11) is 0. The van der Waals surface area contributed by atoms with Crippen LogP contribution in [-0.4, -0.2) is 16.3 Å². The van der Waals surface area contributed by atoms with Crippen LogP contribution in [0.15, 0.2) is 53.5 Å². The Balaban J connectivity index is 2.08. The van der Waals surface area contributed by atoms with Gasteiger partial charge in [0.05, 0.1) is 25.3 Å². The molecule has 3 rings (SSSR count). The maximum atomic E-state index is 13.1. The third-order valence-corrected chi connectivity index (χ3v) is 4.61. The van der Waals surface area contributed by atoms with Gasteiger partial charge in [0.25, 0.3) is 11.5 Å². The SMILES string of the molecule is CCCCCOc1cccc(-c2c(O)n(CCC#N)c3cccc[n+]3c2=O)c1. The van der Waals surface area contributed by atoms with Gasteiger partial charge in [-0.15, -0.1) is 0 Å². The molecule has 0 bridgehead atoms. The van der Waals surface area contributed by atoms with Crippen LogP contribution in [0, 0.1) is 11.3 Å². The molecule has 0 fully saturated rings. The highest BCUT2D eigenvalue weighted by Crippen LogP contribution is 2.29. The maximum Gasteiger partial charge on any atom is 0.354 e. The molecular formula is C22H24N3O3+. The van der Waals surface area contributed by atoms with Gasteiger partial charge in [-0.25, -0.2) is 4.79 Å². The van der Waals surface area contributed by atoms with Crippen molar-refractivity contribution in [1.29, 1.82) is 5.26 Å². The first-order valence-corrected chi connectivity index (χ1v) is 9.53. The van der Waals surface area contributed by atoms with E-state index in [4.69, 9.17) is 10.00 Å². The molecule has 0 saturated heterocycles. The Labute approximate surface area is 163 Å². The first kappa shape index (κ1) is 19.4. The molecule has 0 amide bonds. The van der Waals surface area contributed by atoms with E-state index in [1.54, 1.807) is 41.1 Å². The van der Waals surface area contributed by atoms with Crippen molar-refractivity contribution in [3.05, 3.63) is 59.0 Å². The van der Waals surface area contributed by atoms with E-state index in [1.807, 2.05) is 12.1 Å². The summed E-state index contributed by atoms with van der Waals surface area (Å²) in [4.78, 5) is 13.1. The van der Waals surface area contributed by atoms with E-state index in [9.17, 15) is 9.90 Å². The second kappa shape index (κ2) is 9.05. The molecule has 1 N–H and O–H groups in total. The summed E-state index contributed by atoms with van der Waals surface area (Å²) in [6, 6.07) is 14.6. The fourth-order valence-electron chi connectivity index (χ4n) is 3.20. The lowest BCUT2D eigenvalue weighted by molar-refractivity contribution is -0.532. The normalized spacial score (nSPS) is 10.7. The number of aryl methyl sites for hydroxylation is 1. The van der Waals surface area contributed by atoms with E-state index in [0.29, 0.717) is 23.6 Å². The molecule has 6 heteroatoms. The van der Waals surface area contributed by atoms with Gasteiger partial charge in [0.2, 0.25) is 0 Å².